The Morgan fingerprint density at radius 1 is 1.29 bits per heavy atom. The van der Waals surface area contributed by atoms with Gasteiger partial charge in [0.25, 0.3) is 0 Å². The second kappa shape index (κ2) is 7.18. The molecule has 0 heterocycles. The van der Waals surface area contributed by atoms with Crippen LogP contribution in [-0.2, 0) is 0 Å². The molecule has 0 rings (SSSR count). The number of nitrogens with one attached hydrogen (secondary N) is 1. The number of nitrogens with zero attached hydrogens (tertiary/aromatic N) is 1. The molecule has 0 fully saturated rings. The molecule has 3 nitrogen and oxygen atoms in total. The zero-order valence-electron chi connectivity index (χ0n) is 10.8. The van der Waals surface area contributed by atoms with Crippen molar-refractivity contribution < 1.29 is 18.3 Å². The van der Waals surface area contributed by atoms with Gasteiger partial charge in [0, 0.05) is 5.54 Å². The fourth-order valence-corrected chi connectivity index (χ4v) is 1.58. The third kappa shape index (κ3) is 7.57. The zero-order chi connectivity index (χ0) is 13.5. The lowest BCUT2D eigenvalue weighted by Gasteiger charge is -2.28. The predicted molar refractivity (Wildman–Crippen MR) is 62.0 cm³/mol. The molecule has 0 aliphatic heterocycles. The van der Waals surface area contributed by atoms with Crippen molar-refractivity contribution in [2.45, 2.75) is 38.4 Å². The van der Waals surface area contributed by atoms with Gasteiger partial charge in [-0.25, -0.2) is 0 Å². The molecule has 0 saturated heterocycles. The van der Waals surface area contributed by atoms with Crippen molar-refractivity contribution in [1.29, 1.82) is 0 Å². The number of aliphatic hydroxyl groups excluding tert-OH is 1. The van der Waals surface area contributed by atoms with E-state index in [1.165, 1.54) is 4.90 Å². The molecule has 0 aliphatic carbocycles. The molecule has 0 aromatic carbocycles. The Hall–Kier alpha value is -0.330. The summed E-state index contributed by atoms with van der Waals surface area (Å²) in [4.78, 5) is 1.37. The number of likely N-dealkylation sites (N-methyl/N-ethyl adjacent to an activating group) is 1. The average molecular weight is 256 g/mol. The highest BCUT2D eigenvalue weighted by molar-refractivity contribution is 4.80. The van der Waals surface area contributed by atoms with Crippen LogP contribution < -0.4 is 5.32 Å². The van der Waals surface area contributed by atoms with Crippen molar-refractivity contribution in [3.63, 3.8) is 0 Å². The van der Waals surface area contributed by atoms with Gasteiger partial charge < -0.3 is 10.4 Å². The average Bonchev–Trinajstić information content (AvgIpc) is 2.25. The summed E-state index contributed by atoms with van der Waals surface area (Å²) < 4.78 is 36.6. The highest BCUT2D eigenvalue weighted by Crippen LogP contribution is 2.17. The van der Waals surface area contributed by atoms with E-state index < -0.39 is 18.3 Å². The van der Waals surface area contributed by atoms with Gasteiger partial charge in [-0.05, 0) is 39.9 Å². The van der Waals surface area contributed by atoms with Crippen LogP contribution in [0.3, 0.4) is 0 Å². The van der Waals surface area contributed by atoms with Crippen LogP contribution in [0.25, 0.3) is 0 Å². The van der Waals surface area contributed by atoms with Gasteiger partial charge in [0.2, 0.25) is 0 Å². The summed E-state index contributed by atoms with van der Waals surface area (Å²) in [6, 6.07) is 0. The number of halogens is 3. The summed E-state index contributed by atoms with van der Waals surface area (Å²) in [7, 11) is 1.74. The van der Waals surface area contributed by atoms with Gasteiger partial charge in [-0.2, -0.15) is 13.2 Å². The highest BCUT2D eigenvalue weighted by atomic mass is 19.4. The Balaban J connectivity index is 4.00. The lowest BCUT2D eigenvalue weighted by molar-refractivity contribution is -0.145. The second-order valence-corrected chi connectivity index (χ2v) is 4.56. The zero-order valence-corrected chi connectivity index (χ0v) is 10.8. The van der Waals surface area contributed by atoms with Gasteiger partial charge in [-0.1, -0.05) is 6.92 Å². The molecule has 0 amide bonds. The maximum atomic E-state index is 12.2. The summed E-state index contributed by atoms with van der Waals surface area (Å²) in [6.45, 7) is 3.47. The van der Waals surface area contributed by atoms with Gasteiger partial charge >= 0.3 is 6.18 Å². The van der Waals surface area contributed by atoms with E-state index in [9.17, 15) is 13.2 Å². The van der Waals surface area contributed by atoms with Crippen molar-refractivity contribution in [3.8, 4) is 0 Å². The summed E-state index contributed by atoms with van der Waals surface area (Å²) >= 11 is 0. The van der Waals surface area contributed by atoms with Gasteiger partial charge in [0.15, 0.2) is 0 Å². The Kier molecular flexibility index (Phi) is 7.04. The molecule has 17 heavy (non-hydrogen) atoms. The topological polar surface area (TPSA) is 35.5 Å². The van der Waals surface area contributed by atoms with Gasteiger partial charge in [0.1, 0.15) is 0 Å². The van der Waals surface area contributed by atoms with Crippen LogP contribution in [0.5, 0.6) is 0 Å². The van der Waals surface area contributed by atoms with E-state index in [0.29, 0.717) is 25.9 Å². The highest BCUT2D eigenvalue weighted by Gasteiger charge is 2.30. The van der Waals surface area contributed by atoms with Crippen LogP contribution in [0.4, 0.5) is 13.2 Å². The van der Waals surface area contributed by atoms with Crippen molar-refractivity contribution in [3.05, 3.63) is 0 Å². The number of aliphatic hydroxyl groups is 1. The Morgan fingerprint density at radius 2 is 1.88 bits per heavy atom. The molecular formula is C11H23F3N2O. The van der Waals surface area contributed by atoms with Crippen LogP contribution in [0.1, 0.15) is 26.7 Å². The van der Waals surface area contributed by atoms with Crippen LogP contribution in [0, 0.1) is 0 Å². The predicted octanol–water partition coefficient (Wildman–Crippen LogP) is 1.62. The second-order valence-electron chi connectivity index (χ2n) is 4.56. The minimum Gasteiger partial charge on any atom is -0.394 e. The maximum absolute atomic E-state index is 12.2. The van der Waals surface area contributed by atoms with Crippen LogP contribution in [0.15, 0.2) is 0 Å². The number of rotatable bonds is 8. The first-order valence-corrected chi connectivity index (χ1v) is 5.85. The van der Waals surface area contributed by atoms with Crippen molar-refractivity contribution in [1.82, 2.24) is 10.2 Å². The minimum atomic E-state index is -4.14. The largest absolute Gasteiger partial charge is 0.401 e. The lowest BCUT2D eigenvalue weighted by Crippen LogP contribution is -2.44. The molecule has 104 valence electrons. The van der Waals surface area contributed by atoms with E-state index in [4.69, 9.17) is 5.11 Å². The first-order valence-electron chi connectivity index (χ1n) is 5.85. The molecule has 0 saturated carbocycles. The molecule has 1 atom stereocenters. The smallest absolute Gasteiger partial charge is 0.394 e. The lowest BCUT2D eigenvalue weighted by atomic mass is 9.97. The van der Waals surface area contributed by atoms with Crippen molar-refractivity contribution in [2.75, 3.05) is 33.3 Å². The third-order valence-corrected chi connectivity index (χ3v) is 3.01. The van der Waals surface area contributed by atoms with Crippen LogP contribution in [0.2, 0.25) is 0 Å². The Labute approximate surface area is 101 Å². The third-order valence-electron chi connectivity index (χ3n) is 3.01. The van der Waals surface area contributed by atoms with E-state index in [0.717, 1.165) is 0 Å². The van der Waals surface area contributed by atoms with E-state index in [2.05, 4.69) is 5.32 Å². The molecule has 0 spiro atoms. The van der Waals surface area contributed by atoms with Gasteiger partial charge in [-0.3, -0.25) is 4.90 Å². The Bertz CT molecular complexity index is 205. The Morgan fingerprint density at radius 3 is 2.24 bits per heavy atom. The minimum absolute atomic E-state index is 0.0190. The molecule has 0 aromatic heterocycles. The fourth-order valence-electron chi connectivity index (χ4n) is 1.58. The van der Waals surface area contributed by atoms with E-state index in [1.54, 1.807) is 14.0 Å². The molecular weight excluding hydrogens is 233 g/mol. The summed E-state index contributed by atoms with van der Waals surface area (Å²) in [5, 5.41) is 12.1. The van der Waals surface area contributed by atoms with Crippen molar-refractivity contribution >= 4 is 0 Å². The van der Waals surface area contributed by atoms with Crippen LogP contribution >= 0.6 is 0 Å². The van der Waals surface area contributed by atoms with Crippen molar-refractivity contribution in [2.24, 2.45) is 0 Å². The van der Waals surface area contributed by atoms with E-state index in [1.807, 2.05) is 6.92 Å². The standard InChI is InChI=1S/C11H23F3N2O/c1-4-16(8-11(12,13)14)7-5-6-10(2,9-17)15-3/h15,17H,4-9H2,1-3H3. The molecule has 2 N–H and O–H groups in total. The summed E-state index contributed by atoms with van der Waals surface area (Å²) in [6.07, 6.45) is -2.87. The van der Waals surface area contributed by atoms with Crippen LogP contribution in [-0.4, -0.2) is 55.0 Å². The van der Waals surface area contributed by atoms with Gasteiger partial charge in [-0.15, -0.1) is 0 Å². The maximum Gasteiger partial charge on any atom is 0.401 e. The SMILES string of the molecule is CCN(CCCC(C)(CO)NC)CC(F)(F)F. The summed E-state index contributed by atoms with van der Waals surface area (Å²) in [5.74, 6) is 0. The van der Waals surface area contributed by atoms with E-state index >= 15 is 0 Å². The monoisotopic (exact) mass is 256 g/mol. The molecule has 6 heteroatoms. The fraction of sp³-hybridized carbons (Fsp3) is 1.00. The number of hydrogen-bond donors (Lipinski definition) is 2. The molecule has 0 radical (unpaired) electrons. The number of alkyl halides is 3. The first-order chi connectivity index (χ1) is 7.76. The molecule has 0 aromatic rings. The quantitative estimate of drug-likeness (QED) is 0.693. The molecule has 1 unspecified atom stereocenters. The number of hydrogen-bond acceptors (Lipinski definition) is 3. The first kappa shape index (κ1) is 16.7. The van der Waals surface area contributed by atoms with E-state index in [-0.39, 0.29) is 6.61 Å². The van der Waals surface area contributed by atoms with Gasteiger partial charge in [0.05, 0.1) is 13.2 Å². The molecule has 0 bridgehead atoms. The molecule has 0 aliphatic rings. The normalized spacial score (nSPS) is 16.2. The summed E-state index contributed by atoms with van der Waals surface area (Å²) in [5.41, 5.74) is -0.405.